The molecule has 0 bridgehead atoms. The summed E-state index contributed by atoms with van der Waals surface area (Å²) in [7, 11) is 0. The van der Waals surface area contributed by atoms with Gasteiger partial charge in [0.15, 0.2) is 0 Å². The molecule has 1 amide bonds. The van der Waals surface area contributed by atoms with E-state index in [0.29, 0.717) is 29.3 Å². The summed E-state index contributed by atoms with van der Waals surface area (Å²) >= 11 is 1.45. The van der Waals surface area contributed by atoms with Gasteiger partial charge in [-0.2, -0.15) is 0 Å². The summed E-state index contributed by atoms with van der Waals surface area (Å²) in [5.41, 5.74) is 0.863. The molecule has 8 heteroatoms. The number of carbonyl (C=O) groups is 1. The number of hydrogen-bond acceptors (Lipinski definition) is 7. The summed E-state index contributed by atoms with van der Waals surface area (Å²) in [5.74, 6) is 1.32. The van der Waals surface area contributed by atoms with Gasteiger partial charge in [0.05, 0.1) is 0 Å². The average molecular weight is 341 g/mol. The lowest BCUT2D eigenvalue weighted by molar-refractivity contribution is -0.116. The third-order valence-corrected chi connectivity index (χ3v) is 4.67. The van der Waals surface area contributed by atoms with Crippen LogP contribution in [0.1, 0.15) is 36.1 Å². The Bertz CT molecular complexity index is 841. The molecule has 7 nitrogen and oxygen atoms in total. The summed E-state index contributed by atoms with van der Waals surface area (Å²) in [6, 6.07) is 9.54. The van der Waals surface area contributed by atoms with Crippen LogP contribution in [-0.2, 0) is 11.2 Å². The molecule has 2 heterocycles. The van der Waals surface area contributed by atoms with Gasteiger partial charge in [-0.3, -0.25) is 4.79 Å². The van der Waals surface area contributed by atoms with E-state index in [-0.39, 0.29) is 12.3 Å². The molecule has 2 aromatic heterocycles. The summed E-state index contributed by atoms with van der Waals surface area (Å²) < 4.78 is 5.59. The van der Waals surface area contributed by atoms with E-state index in [2.05, 4.69) is 25.7 Å². The first-order valence-electron chi connectivity index (χ1n) is 7.79. The van der Waals surface area contributed by atoms with Crippen molar-refractivity contribution >= 4 is 22.4 Å². The van der Waals surface area contributed by atoms with Crippen molar-refractivity contribution in [3.8, 4) is 11.5 Å². The lowest BCUT2D eigenvalue weighted by Gasteiger charge is -1.98. The van der Waals surface area contributed by atoms with Crippen molar-refractivity contribution in [2.24, 2.45) is 0 Å². The lowest BCUT2D eigenvalue weighted by Crippen LogP contribution is -2.12. The van der Waals surface area contributed by atoms with Crippen LogP contribution in [0.25, 0.3) is 11.5 Å². The molecule has 0 unspecified atom stereocenters. The Morgan fingerprint density at radius 2 is 2.00 bits per heavy atom. The van der Waals surface area contributed by atoms with E-state index in [1.54, 1.807) is 0 Å². The fourth-order valence-corrected chi connectivity index (χ4v) is 3.16. The van der Waals surface area contributed by atoms with E-state index in [0.717, 1.165) is 10.6 Å². The molecule has 1 saturated carbocycles. The van der Waals surface area contributed by atoms with E-state index in [1.165, 1.54) is 24.2 Å². The van der Waals surface area contributed by atoms with E-state index >= 15 is 0 Å². The normalized spacial score (nSPS) is 13.8. The Hall–Kier alpha value is -2.61. The van der Waals surface area contributed by atoms with Gasteiger partial charge in [-0.05, 0) is 25.0 Å². The molecular formula is C16H15N5O2S. The predicted octanol–water partition coefficient (Wildman–Crippen LogP) is 3.04. The molecule has 1 fully saturated rings. The summed E-state index contributed by atoms with van der Waals surface area (Å²) in [4.78, 5) is 12.0. The van der Waals surface area contributed by atoms with Crippen LogP contribution in [0.5, 0.6) is 0 Å². The molecule has 122 valence electrons. The second kappa shape index (κ2) is 6.48. The maximum absolute atomic E-state index is 12.0. The second-order valence-electron chi connectivity index (χ2n) is 5.63. The zero-order valence-electron chi connectivity index (χ0n) is 12.8. The number of amides is 1. The summed E-state index contributed by atoms with van der Waals surface area (Å²) in [6.45, 7) is 0. The zero-order valence-corrected chi connectivity index (χ0v) is 13.6. The molecule has 0 saturated heterocycles. The van der Waals surface area contributed by atoms with Crippen LogP contribution in [0.3, 0.4) is 0 Å². The lowest BCUT2D eigenvalue weighted by atomic mass is 10.2. The predicted molar refractivity (Wildman–Crippen MR) is 88.6 cm³/mol. The minimum absolute atomic E-state index is 0.132. The Kier molecular flexibility index (Phi) is 4.04. The van der Waals surface area contributed by atoms with Crippen molar-refractivity contribution in [2.75, 3.05) is 5.32 Å². The van der Waals surface area contributed by atoms with Gasteiger partial charge in [-0.25, -0.2) is 0 Å². The van der Waals surface area contributed by atoms with E-state index < -0.39 is 0 Å². The van der Waals surface area contributed by atoms with Crippen LogP contribution in [0.15, 0.2) is 34.7 Å². The topological polar surface area (TPSA) is 93.8 Å². The molecule has 0 aliphatic heterocycles. The van der Waals surface area contributed by atoms with Crippen molar-refractivity contribution in [3.05, 3.63) is 41.2 Å². The minimum atomic E-state index is -0.132. The van der Waals surface area contributed by atoms with Crippen molar-refractivity contribution in [2.45, 2.75) is 31.6 Å². The van der Waals surface area contributed by atoms with Gasteiger partial charge in [0, 0.05) is 24.3 Å². The fourth-order valence-electron chi connectivity index (χ4n) is 2.23. The first-order chi connectivity index (χ1) is 11.8. The van der Waals surface area contributed by atoms with Crippen molar-refractivity contribution in [1.29, 1.82) is 0 Å². The second-order valence-corrected chi connectivity index (χ2v) is 6.64. The van der Waals surface area contributed by atoms with Gasteiger partial charge in [0.2, 0.25) is 22.8 Å². The van der Waals surface area contributed by atoms with Crippen LogP contribution in [0.2, 0.25) is 0 Å². The largest absolute Gasteiger partial charge is 0.421 e. The molecule has 0 atom stereocenters. The highest BCUT2D eigenvalue weighted by atomic mass is 32.1. The van der Waals surface area contributed by atoms with Crippen molar-refractivity contribution in [3.63, 3.8) is 0 Å². The number of nitrogens with zero attached hydrogens (tertiary/aromatic N) is 4. The Morgan fingerprint density at radius 3 is 2.79 bits per heavy atom. The molecule has 3 aromatic rings. The van der Waals surface area contributed by atoms with Gasteiger partial charge in [0.25, 0.3) is 0 Å². The van der Waals surface area contributed by atoms with Crippen LogP contribution in [-0.4, -0.2) is 26.3 Å². The Labute approximate surface area is 142 Å². The van der Waals surface area contributed by atoms with Gasteiger partial charge in [-0.1, -0.05) is 29.5 Å². The molecule has 0 radical (unpaired) electrons. The van der Waals surface area contributed by atoms with Crippen LogP contribution in [0.4, 0.5) is 5.13 Å². The molecule has 24 heavy (non-hydrogen) atoms. The van der Waals surface area contributed by atoms with Gasteiger partial charge in [-0.15, -0.1) is 20.4 Å². The standard InChI is InChI=1S/C16H15N5O2S/c22-12(17-16-21-20-15(24-16)11-6-7-11)8-9-13-18-19-14(23-13)10-4-2-1-3-5-10/h1-5,11H,6-9H2,(H,17,21,22). The van der Waals surface area contributed by atoms with E-state index in [4.69, 9.17) is 4.42 Å². The van der Waals surface area contributed by atoms with Crippen LogP contribution >= 0.6 is 11.3 Å². The Morgan fingerprint density at radius 1 is 1.17 bits per heavy atom. The summed E-state index contributed by atoms with van der Waals surface area (Å²) in [5, 5.41) is 20.4. The quantitative estimate of drug-likeness (QED) is 0.740. The number of carbonyl (C=O) groups excluding carboxylic acids is 1. The molecular weight excluding hydrogens is 326 g/mol. The zero-order chi connectivity index (χ0) is 16.4. The number of benzene rings is 1. The molecule has 1 aliphatic rings. The van der Waals surface area contributed by atoms with E-state index in [1.807, 2.05) is 30.3 Å². The maximum atomic E-state index is 12.0. The third kappa shape index (κ3) is 3.48. The number of rotatable bonds is 6. The SMILES string of the molecule is O=C(CCc1nnc(-c2ccccc2)o1)Nc1nnc(C2CC2)s1. The first kappa shape index (κ1) is 14.9. The van der Waals surface area contributed by atoms with Crippen molar-refractivity contribution < 1.29 is 9.21 Å². The minimum Gasteiger partial charge on any atom is -0.421 e. The number of aryl methyl sites for hydroxylation is 1. The van der Waals surface area contributed by atoms with E-state index in [9.17, 15) is 4.79 Å². The average Bonchev–Trinajstić information content (AvgIpc) is 3.17. The van der Waals surface area contributed by atoms with Gasteiger partial charge >= 0.3 is 0 Å². The first-order valence-corrected chi connectivity index (χ1v) is 8.60. The highest BCUT2D eigenvalue weighted by molar-refractivity contribution is 7.15. The van der Waals surface area contributed by atoms with Gasteiger partial charge < -0.3 is 9.73 Å². The number of anilines is 1. The third-order valence-electron chi connectivity index (χ3n) is 3.67. The smallest absolute Gasteiger partial charge is 0.247 e. The number of hydrogen-bond donors (Lipinski definition) is 1. The molecule has 1 N–H and O–H groups in total. The molecule has 4 rings (SSSR count). The van der Waals surface area contributed by atoms with Gasteiger partial charge in [0.1, 0.15) is 5.01 Å². The summed E-state index contributed by atoms with van der Waals surface area (Å²) in [6.07, 6.45) is 2.99. The molecule has 1 aromatic carbocycles. The number of aromatic nitrogens is 4. The van der Waals surface area contributed by atoms with Crippen molar-refractivity contribution in [1.82, 2.24) is 20.4 Å². The number of nitrogens with one attached hydrogen (secondary N) is 1. The highest BCUT2D eigenvalue weighted by Crippen LogP contribution is 2.42. The highest BCUT2D eigenvalue weighted by Gasteiger charge is 2.27. The maximum Gasteiger partial charge on any atom is 0.247 e. The monoisotopic (exact) mass is 341 g/mol. The molecule has 0 spiro atoms. The van der Waals surface area contributed by atoms with Crippen LogP contribution < -0.4 is 5.32 Å². The Balaban J connectivity index is 1.31. The fraction of sp³-hybridized carbons (Fsp3) is 0.312. The molecule has 1 aliphatic carbocycles. The van der Waals surface area contributed by atoms with Crippen LogP contribution in [0, 0.1) is 0 Å².